The maximum absolute atomic E-state index is 12.2. The Labute approximate surface area is 219 Å². The van der Waals surface area contributed by atoms with E-state index in [1.165, 1.54) is 0 Å². The molecule has 0 amide bonds. The second kappa shape index (κ2) is 11.5. The molecule has 1 heterocycles. The van der Waals surface area contributed by atoms with Crippen LogP contribution in [0, 0.1) is 0 Å². The van der Waals surface area contributed by atoms with E-state index in [-0.39, 0.29) is 12.6 Å². The number of carbonyl (C=O) groups is 1. The first-order valence-electron chi connectivity index (χ1n) is 13.2. The quantitative estimate of drug-likeness (QED) is 0.115. The zero-order chi connectivity index (χ0) is 26.5. The molecule has 0 N–H and O–H groups in total. The minimum absolute atomic E-state index is 0.173. The Hall–Kier alpha value is -3.86. The van der Waals surface area contributed by atoms with Crippen molar-refractivity contribution in [1.82, 2.24) is 4.58 Å². The zero-order valence-electron chi connectivity index (χ0n) is 22.6. The summed E-state index contributed by atoms with van der Waals surface area (Å²) >= 11 is 0. The smallest absolute Gasteiger partial charge is 0.333 e. The molecule has 192 valence electrons. The van der Waals surface area contributed by atoms with E-state index in [4.69, 9.17) is 9.15 Å². The molecule has 0 saturated heterocycles. The summed E-state index contributed by atoms with van der Waals surface area (Å²) in [6.07, 6.45) is 0. The van der Waals surface area contributed by atoms with Gasteiger partial charge >= 0.3 is 5.97 Å². The fraction of sp³-hybridized carbons (Fsp3) is 0.312. The molecule has 1 aliphatic carbocycles. The van der Waals surface area contributed by atoms with Gasteiger partial charge in [-0.25, -0.2) is 9.37 Å². The third-order valence-electron chi connectivity index (χ3n) is 6.94. The molecular weight excluding hydrogens is 460 g/mol. The number of nitrogens with zero attached hydrogens (tertiary/aromatic N) is 2. The van der Waals surface area contributed by atoms with Gasteiger partial charge in [-0.05, 0) is 63.9 Å². The first kappa shape index (κ1) is 26.2. The maximum Gasteiger partial charge on any atom is 0.333 e. The molecule has 0 radical (unpaired) electrons. The van der Waals surface area contributed by atoms with Crippen molar-refractivity contribution in [2.24, 2.45) is 0 Å². The van der Waals surface area contributed by atoms with Gasteiger partial charge in [-0.1, -0.05) is 30.8 Å². The molecule has 0 unspecified atom stereocenters. The highest BCUT2D eigenvalue weighted by molar-refractivity contribution is 6.03. The summed E-state index contributed by atoms with van der Waals surface area (Å²) in [7, 11) is 0. The predicted octanol–water partition coefficient (Wildman–Crippen LogP) is 6.48. The lowest BCUT2D eigenvalue weighted by molar-refractivity contribution is -0.140. The van der Waals surface area contributed by atoms with Gasteiger partial charge in [-0.3, -0.25) is 0 Å². The summed E-state index contributed by atoms with van der Waals surface area (Å²) in [6.45, 7) is 17.9. The summed E-state index contributed by atoms with van der Waals surface area (Å²) in [5, 5.41) is 2.16. The van der Waals surface area contributed by atoms with Crippen LogP contribution in [0.5, 0.6) is 0 Å². The maximum atomic E-state index is 12.2. The standard InChI is InChI=1S/C32H37N2O3/c1-7-33(8-2)24-15-17-27-29(19-24)37-30-20-25(34(9-3)10-4)16-18-28(30)31(27)26-14-12-11-13-23(26)21-36-32(35)22(5)6/h11-20H,5,7-10,21H2,1-4,6H3/q+1. The third-order valence-corrected chi connectivity index (χ3v) is 6.94. The Kier molecular flexibility index (Phi) is 8.12. The number of rotatable bonds is 9. The second-order valence-corrected chi connectivity index (χ2v) is 9.20. The van der Waals surface area contributed by atoms with Gasteiger partial charge in [-0.15, -0.1) is 0 Å². The largest absolute Gasteiger partial charge is 0.457 e. The van der Waals surface area contributed by atoms with Crippen LogP contribution in [-0.2, 0) is 16.1 Å². The second-order valence-electron chi connectivity index (χ2n) is 9.20. The van der Waals surface area contributed by atoms with E-state index < -0.39 is 0 Å². The first-order chi connectivity index (χ1) is 17.9. The van der Waals surface area contributed by atoms with E-state index >= 15 is 0 Å². The SMILES string of the molecule is C=C(C)C(=O)OCc1ccccc1-c1c2ccc(=[N+](CC)CC)cc-2oc2cc(N(CC)CC)ccc12. The minimum Gasteiger partial charge on any atom is -0.457 e. The van der Waals surface area contributed by atoms with Gasteiger partial charge < -0.3 is 14.1 Å². The minimum atomic E-state index is -0.389. The summed E-state index contributed by atoms with van der Waals surface area (Å²) in [5.41, 5.74) is 6.42. The lowest BCUT2D eigenvalue weighted by Gasteiger charge is -2.23. The molecule has 1 aliphatic heterocycles. The van der Waals surface area contributed by atoms with Crippen molar-refractivity contribution in [3.63, 3.8) is 0 Å². The molecule has 0 fully saturated rings. The van der Waals surface area contributed by atoms with Crippen LogP contribution in [0.1, 0.15) is 40.2 Å². The Balaban J connectivity index is 2.02. The average molecular weight is 498 g/mol. The van der Waals surface area contributed by atoms with Crippen molar-refractivity contribution in [1.29, 1.82) is 0 Å². The van der Waals surface area contributed by atoms with Crippen LogP contribution in [0.3, 0.4) is 0 Å². The Bertz CT molecular complexity index is 1470. The molecule has 0 aromatic heterocycles. The van der Waals surface area contributed by atoms with Gasteiger partial charge in [0.05, 0.1) is 6.07 Å². The highest BCUT2D eigenvalue weighted by Crippen LogP contribution is 2.42. The Morgan fingerprint density at radius 3 is 2.35 bits per heavy atom. The monoisotopic (exact) mass is 497 g/mol. The fourth-order valence-corrected chi connectivity index (χ4v) is 4.89. The number of esters is 1. The van der Waals surface area contributed by atoms with Crippen LogP contribution in [0.25, 0.3) is 33.4 Å². The van der Waals surface area contributed by atoms with Crippen molar-refractivity contribution in [2.75, 3.05) is 31.1 Å². The third kappa shape index (κ3) is 5.31. The summed E-state index contributed by atoms with van der Waals surface area (Å²) in [4.78, 5) is 14.5. The van der Waals surface area contributed by atoms with Crippen LogP contribution < -0.4 is 14.8 Å². The molecule has 37 heavy (non-hydrogen) atoms. The molecule has 5 nitrogen and oxygen atoms in total. The van der Waals surface area contributed by atoms with Gasteiger partial charge in [0.15, 0.2) is 0 Å². The van der Waals surface area contributed by atoms with Crippen LogP contribution in [0.4, 0.5) is 5.69 Å². The van der Waals surface area contributed by atoms with Crippen LogP contribution >= 0.6 is 0 Å². The van der Waals surface area contributed by atoms with Crippen molar-refractivity contribution < 1.29 is 13.9 Å². The van der Waals surface area contributed by atoms with E-state index in [1.54, 1.807) is 6.92 Å². The number of carbonyl (C=O) groups excluding carboxylic acids is 1. The van der Waals surface area contributed by atoms with Crippen LogP contribution in [0.15, 0.2) is 77.2 Å². The van der Waals surface area contributed by atoms with Gasteiger partial charge in [0.1, 0.15) is 31.0 Å². The number of hydrogen-bond acceptors (Lipinski definition) is 4. The van der Waals surface area contributed by atoms with E-state index in [0.717, 1.165) is 76.2 Å². The molecule has 2 aliphatic rings. The number of benzene rings is 3. The lowest BCUT2D eigenvalue weighted by Crippen LogP contribution is -2.29. The van der Waals surface area contributed by atoms with Crippen LogP contribution in [-0.4, -0.2) is 32.1 Å². The Morgan fingerprint density at radius 1 is 0.946 bits per heavy atom. The molecule has 0 spiro atoms. The van der Waals surface area contributed by atoms with Gasteiger partial charge in [0.25, 0.3) is 0 Å². The normalized spacial score (nSPS) is 11.1. The van der Waals surface area contributed by atoms with Crippen LogP contribution in [0.2, 0.25) is 0 Å². The number of hydrogen-bond donors (Lipinski definition) is 0. The molecule has 4 rings (SSSR count). The summed E-state index contributed by atoms with van der Waals surface area (Å²) in [6, 6.07) is 21.0. The predicted molar refractivity (Wildman–Crippen MR) is 153 cm³/mol. The summed E-state index contributed by atoms with van der Waals surface area (Å²) in [5.74, 6) is 0.442. The summed E-state index contributed by atoms with van der Waals surface area (Å²) < 4.78 is 14.5. The van der Waals surface area contributed by atoms with E-state index in [9.17, 15) is 4.79 Å². The number of anilines is 1. The highest BCUT2D eigenvalue weighted by atomic mass is 16.5. The lowest BCUT2D eigenvalue weighted by atomic mass is 9.91. The van der Waals surface area contributed by atoms with Crippen molar-refractivity contribution in [3.8, 4) is 22.5 Å². The highest BCUT2D eigenvalue weighted by Gasteiger charge is 2.21. The number of ether oxygens (including phenoxy) is 1. The van der Waals surface area contributed by atoms with E-state index in [2.05, 4.69) is 86.2 Å². The molecule has 2 aromatic rings. The first-order valence-corrected chi connectivity index (χ1v) is 13.2. The zero-order valence-corrected chi connectivity index (χ0v) is 22.6. The van der Waals surface area contributed by atoms with E-state index in [0.29, 0.717) is 5.57 Å². The van der Waals surface area contributed by atoms with Crippen molar-refractivity contribution >= 4 is 22.6 Å². The topological polar surface area (TPSA) is 45.7 Å². The molecule has 2 aromatic carbocycles. The molecule has 0 saturated carbocycles. The average Bonchev–Trinajstić information content (AvgIpc) is 2.91. The molecule has 0 bridgehead atoms. The van der Waals surface area contributed by atoms with Gasteiger partial charge in [0.2, 0.25) is 5.36 Å². The number of fused-ring (bicyclic) bond motifs is 2. The van der Waals surface area contributed by atoms with Crippen molar-refractivity contribution in [3.05, 3.63) is 83.7 Å². The molecule has 0 atom stereocenters. The van der Waals surface area contributed by atoms with E-state index in [1.807, 2.05) is 18.2 Å². The molecule has 5 heteroatoms. The molecular formula is C32H37N2O3+. The fourth-order valence-electron chi connectivity index (χ4n) is 4.89. The van der Waals surface area contributed by atoms with Crippen molar-refractivity contribution in [2.45, 2.75) is 41.2 Å². The van der Waals surface area contributed by atoms with Gasteiger partial charge in [0, 0.05) is 53.0 Å². The Morgan fingerprint density at radius 2 is 1.68 bits per heavy atom. The van der Waals surface area contributed by atoms with Gasteiger partial charge in [-0.2, -0.15) is 0 Å².